The minimum Gasteiger partial charge on any atom is -0.496 e. The molecule has 128 valence electrons. The maximum absolute atomic E-state index is 11.3. The lowest BCUT2D eigenvalue weighted by Gasteiger charge is -2.14. The molecule has 25 heavy (non-hydrogen) atoms. The molecule has 0 saturated carbocycles. The van der Waals surface area contributed by atoms with E-state index >= 15 is 0 Å². The predicted molar refractivity (Wildman–Crippen MR) is 100.0 cm³/mol. The third kappa shape index (κ3) is 3.89. The zero-order valence-corrected chi connectivity index (χ0v) is 14.0. The Labute approximate surface area is 146 Å². The lowest BCUT2D eigenvalue weighted by atomic mass is 10.0. The van der Waals surface area contributed by atoms with E-state index in [1.807, 2.05) is 42.5 Å². The number of carbonyl (C=O) groups is 1. The molecule has 0 radical (unpaired) electrons. The maximum atomic E-state index is 11.3. The quantitative estimate of drug-likeness (QED) is 0.645. The highest BCUT2D eigenvalue weighted by Crippen LogP contribution is 2.29. The average molecular weight is 336 g/mol. The summed E-state index contributed by atoms with van der Waals surface area (Å²) in [5.74, 6) is 0.392. The lowest BCUT2D eigenvalue weighted by Crippen LogP contribution is -2.15. The SMILES string of the molecule is COc1ccc2ccccc2c1CNc1cccc(NC(=O)CO)c1. The van der Waals surface area contributed by atoms with Crippen LogP contribution in [0.4, 0.5) is 11.4 Å². The van der Waals surface area contributed by atoms with Crippen molar-refractivity contribution < 1.29 is 14.6 Å². The molecule has 3 rings (SSSR count). The molecular weight excluding hydrogens is 316 g/mol. The number of aliphatic hydroxyl groups excluding tert-OH is 1. The first-order valence-electron chi connectivity index (χ1n) is 8.00. The van der Waals surface area contributed by atoms with Crippen LogP contribution >= 0.6 is 0 Å². The number of rotatable bonds is 6. The molecule has 0 fully saturated rings. The Balaban J connectivity index is 1.83. The Morgan fingerprint density at radius 2 is 1.84 bits per heavy atom. The number of benzene rings is 3. The summed E-state index contributed by atoms with van der Waals surface area (Å²) in [6.45, 7) is 0.0484. The van der Waals surface area contributed by atoms with Crippen molar-refractivity contribution in [1.29, 1.82) is 0 Å². The zero-order chi connectivity index (χ0) is 17.6. The number of hydrogen-bond acceptors (Lipinski definition) is 4. The number of nitrogens with one attached hydrogen (secondary N) is 2. The van der Waals surface area contributed by atoms with Gasteiger partial charge >= 0.3 is 0 Å². The van der Waals surface area contributed by atoms with Crippen LogP contribution in [0, 0.1) is 0 Å². The van der Waals surface area contributed by atoms with E-state index < -0.39 is 12.5 Å². The minimum absolute atomic E-state index is 0.437. The van der Waals surface area contributed by atoms with Gasteiger partial charge < -0.3 is 20.5 Å². The summed E-state index contributed by atoms with van der Waals surface area (Å²) in [6.07, 6.45) is 0. The average Bonchev–Trinajstić information content (AvgIpc) is 2.66. The van der Waals surface area contributed by atoms with Gasteiger partial charge in [-0.1, -0.05) is 36.4 Å². The molecule has 0 spiro atoms. The van der Waals surface area contributed by atoms with E-state index in [0.29, 0.717) is 12.2 Å². The van der Waals surface area contributed by atoms with Crippen LogP contribution in [0.25, 0.3) is 10.8 Å². The van der Waals surface area contributed by atoms with Gasteiger partial charge in [-0.15, -0.1) is 0 Å². The highest BCUT2D eigenvalue weighted by Gasteiger charge is 2.08. The van der Waals surface area contributed by atoms with Crippen LogP contribution in [0.2, 0.25) is 0 Å². The fraction of sp³-hybridized carbons (Fsp3) is 0.150. The van der Waals surface area contributed by atoms with Crippen molar-refractivity contribution in [2.24, 2.45) is 0 Å². The van der Waals surface area contributed by atoms with Gasteiger partial charge in [-0.25, -0.2) is 0 Å². The molecule has 0 saturated heterocycles. The van der Waals surface area contributed by atoms with E-state index in [1.165, 1.54) is 0 Å². The Hall–Kier alpha value is -3.05. The largest absolute Gasteiger partial charge is 0.496 e. The second kappa shape index (κ2) is 7.68. The van der Waals surface area contributed by atoms with Gasteiger partial charge in [0, 0.05) is 23.5 Å². The highest BCUT2D eigenvalue weighted by molar-refractivity contribution is 5.92. The van der Waals surface area contributed by atoms with Crippen LogP contribution < -0.4 is 15.4 Å². The minimum atomic E-state index is -0.537. The van der Waals surface area contributed by atoms with Gasteiger partial charge in [-0.3, -0.25) is 4.79 Å². The number of amides is 1. The number of anilines is 2. The molecule has 0 aliphatic carbocycles. The van der Waals surface area contributed by atoms with Crippen LogP contribution in [0.5, 0.6) is 5.75 Å². The third-order valence-electron chi connectivity index (χ3n) is 3.98. The van der Waals surface area contributed by atoms with Crippen LogP contribution in [0.15, 0.2) is 60.7 Å². The van der Waals surface area contributed by atoms with Crippen molar-refractivity contribution in [3.63, 3.8) is 0 Å². The van der Waals surface area contributed by atoms with E-state index in [2.05, 4.69) is 22.8 Å². The topological polar surface area (TPSA) is 70.6 Å². The Bertz CT molecular complexity index is 893. The van der Waals surface area contributed by atoms with E-state index in [0.717, 1.165) is 27.8 Å². The van der Waals surface area contributed by atoms with E-state index in [9.17, 15) is 4.79 Å². The van der Waals surface area contributed by atoms with Crippen LogP contribution in [0.1, 0.15) is 5.56 Å². The fourth-order valence-electron chi connectivity index (χ4n) is 2.79. The highest BCUT2D eigenvalue weighted by atomic mass is 16.5. The number of carbonyl (C=O) groups excluding carboxylic acids is 1. The molecule has 0 bridgehead atoms. The number of ether oxygens (including phenoxy) is 1. The smallest absolute Gasteiger partial charge is 0.250 e. The normalized spacial score (nSPS) is 10.5. The molecule has 0 heterocycles. The summed E-state index contributed by atoms with van der Waals surface area (Å²) < 4.78 is 5.51. The molecule has 0 aliphatic rings. The summed E-state index contributed by atoms with van der Waals surface area (Å²) in [7, 11) is 1.67. The summed E-state index contributed by atoms with van der Waals surface area (Å²) in [5.41, 5.74) is 2.57. The monoisotopic (exact) mass is 336 g/mol. The molecule has 5 nitrogen and oxygen atoms in total. The lowest BCUT2D eigenvalue weighted by molar-refractivity contribution is -0.118. The molecule has 1 amide bonds. The molecular formula is C20H20N2O3. The van der Waals surface area contributed by atoms with Gasteiger partial charge in [0.2, 0.25) is 5.91 Å². The Kier molecular flexibility index (Phi) is 5.16. The first-order valence-corrected chi connectivity index (χ1v) is 8.00. The molecule has 0 atom stereocenters. The molecule has 0 aromatic heterocycles. The summed E-state index contributed by atoms with van der Waals surface area (Å²) in [6, 6.07) is 19.6. The maximum Gasteiger partial charge on any atom is 0.250 e. The second-order valence-electron chi connectivity index (χ2n) is 5.61. The molecule has 3 aromatic rings. The summed E-state index contributed by atoms with van der Waals surface area (Å²) in [5, 5.41) is 17.1. The molecule has 3 aromatic carbocycles. The van der Waals surface area contributed by atoms with Gasteiger partial charge in [0.15, 0.2) is 0 Å². The van der Waals surface area contributed by atoms with Gasteiger partial charge in [-0.2, -0.15) is 0 Å². The predicted octanol–water partition coefficient (Wildman–Crippen LogP) is 3.39. The van der Waals surface area contributed by atoms with Crippen molar-refractivity contribution in [2.75, 3.05) is 24.4 Å². The Morgan fingerprint density at radius 3 is 2.64 bits per heavy atom. The third-order valence-corrected chi connectivity index (χ3v) is 3.98. The van der Waals surface area contributed by atoms with E-state index in [1.54, 1.807) is 13.2 Å². The van der Waals surface area contributed by atoms with Gasteiger partial charge in [0.05, 0.1) is 7.11 Å². The van der Waals surface area contributed by atoms with Crippen LogP contribution in [-0.2, 0) is 11.3 Å². The van der Waals surface area contributed by atoms with Crippen molar-refractivity contribution in [1.82, 2.24) is 0 Å². The first-order chi connectivity index (χ1) is 12.2. The van der Waals surface area contributed by atoms with Gasteiger partial charge in [0.1, 0.15) is 12.4 Å². The second-order valence-corrected chi connectivity index (χ2v) is 5.61. The fourth-order valence-corrected chi connectivity index (χ4v) is 2.79. The van der Waals surface area contributed by atoms with Crippen molar-refractivity contribution >= 4 is 28.1 Å². The number of hydrogen-bond donors (Lipinski definition) is 3. The zero-order valence-electron chi connectivity index (χ0n) is 14.0. The summed E-state index contributed by atoms with van der Waals surface area (Å²) >= 11 is 0. The number of methoxy groups -OCH3 is 1. The van der Waals surface area contributed by atoms with E-state index in [-0.39, 0.29) is 0 Å². The van der Waals surface area contributed by atoms with Crippen molar-refractivity contribution in [3.8, 4) is 5.75 Å². The van der Waals surface area contributed by atoms with Crippen molar-refractivity contribution in [2.45, 2.75) is 6.54 Å². The van der Waals surface area contributed by atoms with E-state index in [4.69, 9.17) is 9.84 Å². The molecule has 0 aliphatic heterocycles. The molecule has 0 unspecified atom stereocenters. The van der Waals surface area contributed by atoms with Gasteiger partial charge in [-0.05, 0) is 35.0 Å². The van der Waals surface area contributed by atoms with Gasteiger partial charge in [0.25, 0.3) is 0 Å². The Morgan fingerprint density at radius 1 is 1.04 bits per heavy atom. The number of aliphatic hydroxyl groups is 1. The summed E-state index contributed by atoms with van der Waals surface area (Å²) in [4.78, 5) is 11.3. The first kappa shape index (κ1) is 16.8. The molecule has 3 N–H and O–H groups in total. The van der Waals surface area contributed by atoms with Crippen LogP contribution in [-0.4, -0.2) is 24.7 Å². The standard InChI is InChI=1S/C20H20N2O3/c1-25-19-10-9-14-5-2-3-8-17(14)18(19)12-21-15-6-4-7-16(11-15)22-20(24)13-23/h2-11,21,23H,12-13H2,1H3,(H,22,24). The van der Waals surface area contributed by atoms with Crippen molar-refractivity contribution in [3.05, 3.63) is 66.2 Å². The molecule has 5 heteroatoms. The number of fused-ring (bicyclic) bond motifs is 1. The van der Waals surface area contributed by atoms with Crippen LogP contribution in [0.3, 0.4) is 0 Å².